The Morgan fingerprint density at radius 1 is 1.50 bits per heavy atom. The normalized spacial score (nSPS) is 19.2. The molecule has 14 heavy (non-hydrogen) atoms. The van der Waals surface area contributed by atoms with E-state index in [0.717, 1.165) is 0 Å². The largest absolute Gasteiger partial charge is 0.480 e. The molecular weight excluding hydrogens is 190 g/mol. The first kappa shape index (κ1) is 10.9. The van der Waals surface area contributed by atoms with Crippen molar-refractivity contribution < 1.29 is 24.2 Å². The van der Waals surface area contributed by atoms with Crippen molar-refractivity contribution in [2.24, 2.45) is 0 Å². The molecule has 0 aliphatic carbocycles. The number of nitrogens with one attached hydrogen (secondary N) is 1. The molecule has 0 radical (unpaired) electrons. The molecular formula is C8H13NO5. The Kier molecular flexibility index (Phi) is 3.84. The van der Waals surface area contributed by atoms with Gasteiger partial charge in [0.05, 0.1) is 13.2 Å². The zero-order chi connectivity index (χ0) is 10.6. The number of rotatable bonds is 4. The maximum absolute atomic E-state index is 10.7. The van der Waals surface area contributed by atoms with Gasteiger partial charge >= 0.3 is 5.97 Å². The molecule has 0 aromatic heterocycles. The van der Waals surface area contributed by atoms with E-state index in [9.17, 15) is 9.59 Å². The summed E-state index contributed by atoms with van der Waals surface area (Å²) in [6, 6.07) is -0.949. The fourth-order valence-corrected chi connectivity index (χ4v) is 1.20. The standard InChI is InChI=1S/C8H13NO5/c1-5(10)9-6(8(11)12)4-7-13-2-3-14-7/h6-7H,2-4H2,1H3,(H,9,10)(H,11,12)/t6-/m0/s1. The zero-order valence-corrected chi connectivity index (χ0v) is 7.86. The van der Waals surface area contributed by atoms with E-state index >= 15 is 0 Å². The first-order valence-corrected chi connectivity index (χ1v) is 4.32. The predicted octanol–water partition coefficient (Wildman–Crippen LogP) is -0.661. The lowest BCUT2D eigenvalue weighted by atomic mass is 10.2. The van der Waals surface area contributed by atoms with Crippen LogP contribution in [-0.4, -0.2) is 42.5 Å². The summed E-state index contributed by atoms with van der Waals surface area (Å²) in [7, 11) is 0. The van der Waals surface area contributed by atoms with E-state index in [-0.39, 0.29) is 12.3 Å². The van der Waals surface area contributed by atoms with Crippen LogP contribution in [0.25, 0.3) is 0 Å². The summed E-state index contributed by atoms with van der Waals surface area (Å²) < 4.78 is 10.2. The average Bonchev–Trinajstić information content (AvgIpc) is 2.54. The second-order valence-electron chi connectivity index (χ2n) is 3.00. The minimum absolute atomic E-state index is 0.134. The minimum Gasteiger partial charge on any atom is -0.480 e. The van der Waals surface area contributed by atoms with Crippen molar-refractivity contribution in [2.45, 2.75) is 25.7 Å². The number of carbonyl (C=O) groups excluding carboxylic acids is 1. The van der Waals surface area contributed by atoms with Gasteiger partial charge in [-0.2, -0.15) is 0 Å². The van der Waals surface area contributed by atoms with Crippen molar-refractivity contribution in [3.05, 3.63) is 0 Å². The molecule has 1 rings (SSSR count). The molecule has 1 amide bonds. The summed E-state index contributed by atoms with van der Waals surface area (Å²) in [6.45, 7) is 2.21. The van der Waals surface area contributed by atoms with Crippen molar-refractivity contribution in [3.8, 4) is 0 Å². The summed E-state index contributed by atoms with van der Waals surface area (Å²) in [5.74, 6) is -1.46. The van der Waals surface area contributed by atoms with Crippen molar-refractivity contribution in [1.82, 2.24) is 5.32 Å². The van der Waals surface area contributed by atoms with Crippen LogP contribution in [0.3, 0.4) is 0 Å². The third-order valence-corrected chi connectivity index (χ3v) is 1.79. The molecule has 1 heterocycles. The molecule has 0 aromatic rings. The van der Waals surface area contributed by atoms with Gasteiger partial charge in [0.25, 0.3) is 0 Å². The molecule has 1 saturated heterocycles. The molecule has 1 fully saturated rings. The molecule has 2 N–H and O–H groups in total. The van der Waals surface area contributed by atoms with Crippen LogP contribution in [-0.2, 0) is 19.1 Å². The number of carboxylic acid groups (broad SMARTS) is 1. The van der Waals surface area contributed by atoms with Gasteiger partial charge in [-0.15, -0.1) is 0 Å². The molecule has 0 aromatic carbocycles. The molecule has 1 atom stereocenters. The summed E-state index contributed by atoms with van der Waals surface area (Å²) in [5, 5.41) is 11.1. The van der Waals surface area contributed by atoms with Gasteiger partial charge in [-0.3, -0.25) is 4.79 Å². The minimum atomic E-state index is -1.08. The van der Waals surface area contributed by atoms with Crippen molar-refractivity contribution in [1.29, 1.82) is 0 Å². The third-order valence-electron chi connectivity index (χ3n) is 1.79. The maximum Gasteiger partial charge on any atom is 0.326 e. The van der Waals surface area contributed by atoms with Gasteiger partial charge in [-0.25, -0.2) is 4.79 Å². The highest BCUT2D eigenvalue weighted by molar-refractivity contribution is 5.82. The SMILES string of the molecule is CC(=O)N[C@@H](CC1OCCO1)C(=O)O. The Morgan fingerprint density at radius 2 is 2.07 bits per heavy atom. The third kappa shape index (κ3) is 3.31. The fraction of sp³-hybridized carbons (Fsp3) is 0.750. The second-order valence-corrected chi connectivity index (χ2v) is 3.00. The number of carboxylic acids is 1. The highest BCUT2D eigenvalue weighted by Gasteiger charge is 2.26. The Hall–Kier alpha value is -1.14. The van der Waals surface area contributed by atoms with Crippen molar-refractivity contribution >= 4 is 11.9 Å². The van der Waals surface area contributed by atoms with E-state index in [1.165, 1.54) is 6.92 Å². The van der Waals surface area contributed by atoms with Crippen LogP contribution in [0.1, 0.15) is 13.3 Å². The molecule has 0 bridgehead atoms. The number of ether oxygens (including phenoxy) is 2. The molecule has 6 heteroatoms. The number of hydrogen-bond acceptors (Lipinski definition) is 4. The van der Waals surface area contributed by atoms with Crippen LogP contribution >= 0.6 is 0 Å². The molecule has 1 aliphatic rings. The Bertz CT molecular complexity index is 224. The van der Waals surface area contributed by atoms with Gasteiger partial charge in [-0.1, -0.05) is 0 Å². The molecule has 0 spiro atoms. The van der Waals surface area contributed by atoms with Gasteiger partial charge in [0.1, 0.15) is 6.04 Å². The van der Waals surface area contributed by atoms with E-state index < -0.39 is 18.3 Å². The van der Waals surface area contributed by atoms with E-state index in [1.54, 1.807) is 0 Å². The van der Waals surface area contributed by atoms with Gasteiger partial charge in [0.2, 0.25) is 5.91 Å². The maximum atomic E-state index is 10.7. The molecule has 0 saturated carbocycles. The molecule has 1 aliphatic heterocycles. The van der Waals surface area contributed by atoms with Gasteiger partial charge in [0, 0.05) is 13.3 Å². The predicted molar refractivity (Wildman–Crippen MR) is 45.5 cm³/mol. The number of aliphatic carboxylic acids is 1. The lowest BCUT2D eigenvalue weighted by Gasteiger charge is -2.16. The molecule has 6 nitrogen and oxygen atoms in total. The van der Waals surface area contributed by atoms with Gasteiger partial charge < -0.3 is 19.9 Å². The first-order chi connectivity index (χ1) is 6.59. The van der Waals surface area contributed by atoms with Crippen LogP contribution in [0.4, 0.5) is 0 Å². The van der Waals surface area contributed by atoms with Crippen LogP contribution in [0.2, 0.25) is 0 Å². The van der Waals surface area contributed by atoms with Crippen LogP contribution in [0.5, 0.6) is 0 Å². The quantitative estimate of drug-likeness (QED) is 0.633. The Morgan fingerprint density at radius 3 is 2.50 bits per heavy atom. The van der Waals surface area contributed by atoms with Crippen molar-refractivity contribution in [2.75, 3.05) is 13.2 Å². The first-order valence-electron chi connectivity index (χ1n) is 4.32. The van der Waals surface area contributed by atoms with Gasteiger partial charge in [-0.05, 0) is 0 Å². The average molecular weight is 203 g/mol. The van der Waals surface area contributed by atoms with E-state index in [1.807, 2.05) is 0 Å². The highest BCUT2D eigenvalue weighted by atomic mass is 16.7. The number of amides is 1. The second kappa shape index (κ2) is 4.92. The zero-order valence-electron chi connectivity index (χ0n) is 7.86. The molecule has 80 valence electrons. The van der Waals surface area contributed by atoms with Crippen molar-refractivity contribution in [3.63, 3.8) is 0 Å². The lowest BCUT2D eigenvalue weighted by Crippen LogP contribution is -2.42. The van der Waals surface area contributed by atoms with E-state index in [4.69, 9.17) is 14.6 Å². The lowest BCUT2D eigenvalue weighted by molar-refractivity contribution is -0.144. The van der Waals surface area contributed by atoms with Crippen LogP contribution in [0.15, 0.2) is 0 Å². The van der Waals surface area contributed by atoms with Gasteiger partial charge in [0.15, 0.2) is 6.29 Å². The number of carbonyl (C=O) groups is 2. The Labute approximate surface area is 81.2 Å². The topological polar surface area (TPSA) is 84.9 Å². The number of hydrogen-bond donors (Lipinski definition) is 2. The van der Waals surface area contributed by atoms with Crippen LogP contribution < -0.4 is 5.32 Å². The molecule has 0 unspecified atom stereocenters. The van der Waals surface area contributed by atoms with E-state index in [2.05, 4.69) is 5.32 Å². The highest BCUT2D eigenvalue weighted by Crippen LogP contribution is 2.10. The Balaban J connectivity index is 2.41. The summed E-state index contributed by atoms with van der Waals surface area (Å²) in [5.41, 5.74) is 0. The summed E-state index contributed by atoms with van der Waals surface area (Å²) >= 11 is 0. The summed E-state index contributed by atoms with van der Waals surface area (Å²) in [4.78, 5) is 21.4. The fourth-order valence-electron chi connectivity index (χ4n) is 1.20. The monoisotopic (exact) mass is 203 g/mol. The summed E-state index contributed by atoms with van der Waals surface area (Å²) in [6.07, 6.45) is -0.391. The van der Waals surface area contributed by atoms with E-state index in [0.29, 0.717) is 13.2 Å². The smallest absolute Gasteiger partial charge is 0.326 e. The van der Waals surface area contributed by atoms with Crippen LogP contribution in [0, 0.1) is 0 Å².